The number of rotatable bonds is 5. The first-order valence-corrected chi connectivity index (χ1v) is 7.36. The minimum absolute atomic E-state index is 0.0940. The number of hydrogen-bond acceptors (Lipinski definition) is 3. The summed E-state index contributed by atoms with van der Waals surface area (Å²) in [5.41, 5.74) is 5.54. The molecule has 92 valence electrons. The van der Waals surface area contributed by atoms with Crippen molar-refractivity contribution in [1.29, 1.82) is 0 Å². The van der Waals surface area contributed by atoms with Gasteiger partial charge in [-0.1, -0.05) is 19.1 Å². The number of amides is 1. The van der Waals surface area contributed by atoms with E-state index in [9.17, 15) is 4.79 Å². The van der Waals surface area contributed by atoms with Gasteiger partial charge in [0.25, 0.3) is 0 Å². The molecule has 1 rings (SSSR count). The van der Waals surface area contributed by atoms with E-state index in [1.807, 2.05) is 18.7 Å². The lowest BCUT2D eigenvalue weighted by Crippen LogP contribution is -2.43. The predicted molar refractivity (Wildman–Crippen MR) is 73.7 cm³/mol. The van der Waals surface area contributed by atoms with E-state index in [0.29, 0.717) is 17.3 Å². The lowest BCUT2D eigenvalue weighted by Gasteiger charge is -2.22. The van der Waals surface area contributed by atoms with E-state index in [1.54, 1.807) is 0 Å². The SMILES string of the molecule is CCC(NC(=O)CC1CCSCC1)C(N)=S. The Morgan fingerprint density at radius 3 is 2.69 bits per heavy atom. The summed E-state index contributed by atoms with van der Waals surface area (Å²) in [6.45, 7) is 1.97. The maximum atomic E-state index is 11.8. The van der Waals surface area contributed by atoms with Gasteiger partial charge in [0.1, 0.15) is 0 Å². The Balaban J connectivity index is 2.31. The molecule has 1 saturated heterocycles. The summed E-state index contributed by atoms with van der Waals surface area (Å²) in [4.78, 5) is 12.1. The van der Waals surface area contributed by atoms with Crippen LogP contribution < -0.4 is 11.1 Å². The van der Waals surface area contributed by atoms with E-state index < -0.39 is 0 Å². The molecule has 16 heavy (non-hydrogen) atoms. The molecule has 1 aliphatic rings. The van der Waals surface area contributed by atoms with E-state index in [1.165, 1.54) is 11.5 Å². The highest BCUT2D eigenvalue weighted by Crippen LogP contribution is 2.25. The Morgan fingerprint density at radius 2 is 2.19 bits per heavy atom. The molecule has 0 aliphatic carbocycles. The minimum atomic E-state index is -0.138. The van der Waals surface area contributed by atoms with Gasteiger partial charge >= 0.3 is 0 Å². The molecule has 3 N–H and O–H groups in total. The van der Waals surface area contributed by atoms with Crippen LogP contribution in [0.3, 0.4) is 0 Å². The summed E-state index contributed by atoms with van der Waals surface area (Å²) < 4.78 is 0. The van der Waals surface area contributed by atoms with Gasteiger partial charge in [-0.2, -0.15) is 11.8 Å². The smallest absolute Gasteiger partial charge is 0.220 e. The fourth-order valence-electron chi connectivity index (χ4n) is 1.84. The number of nitrogens with two attached hydrogens (primary N) is 1. The van der Waals surface area contributed by atoms with Gasteiger partial charge in [-0.05, 0) is 36.7 Å². The summed E-state index contributed by atoms with van der Waals surface area (Å²) in [5, 5.41) is 2.90. The van der Waals surface area contributed by atoms with Crippen LogP contribution in [0, 0.1) is 5.92 Å². The molecule has 3 nitrogen and oxygen atoms in total. The molecule has 0 aromatic rings. The average Bonchev–Trinajstić information content (AvgIpc) is 2.27. The minimum Gasteiger partial charge on any atom is -0.392 e. The van der Waals surface area contributed by atoms with Gasteiger partial charge in [-0.25, -0.2) is 0 Å². The highest BCUT2D eigenvalue weighted by molar-refractivity contribution is 7.99. The normalized spacial score (nSPS) is 19.1. The fraction of sp³-hybridized carbons (Fsp3) is 0.818. The van der Waals surface area contributed by atoms with E-state index in [-0.39, 0.29) is 11.9 Å². The molecular weight excluding hydrogens is 240 g/mol. The van der Waals surface area contributed by atoms with E-state index >= 15 is 0 Å². The quantitative estimate of drug-likeness (QED) is 0.739. The van der Waals surface area contributed by atoms with Crippen molar-refractivity contribution < 1.29 is 4.79 Å². The zero-order valence-corrected chi connectivity index (χ0v) is 11.3. The molecule has 1 aliphatic heterocycles. The van der Waals surface area contributed by atoms with Gasteiger partial charge < -0.3 is 11.1 Å². The maximum absolute atomic E-state index is 11.8. The third-order valence-corrected chi connectivity index (χ3v) is 4.24. The molecule has 1 fully saturated rings. The van der Waals surface area contributed by atoms with Gasteiger partial charge in [-0.3, -0.25) is 4.79 Å². The Bertz CT molecular complexity index is 252. The zero-order valence-electron chi connectivity index (χ0n) is 9.70. The number of carbonyl (C=O) groups is 1. The van der Waals surface area contributed by atoms with Crippen molar-refractivity contribution in [3.05, 3.63) is 0 Å². The molecule has 0 aromatic carbocycles. The highest BCUT2D eigenvalue weighted by atomic mass is 32.2. The maximum Gasteiger partial charge on any atom is 0.220 e. The third-order valence-electron chi connectivity index (χ3n) is 2.90. The van der Waals surface area contributed by atoms with Crippen molar-refractivity contribution >= 4 is 34.9 Å². The largest absolute Gasteiger partial charge is 0.392 e. The first kappa shape index (κ1) is 13.8. The summed E-state index contributed by atoms with van der Waals surface area (Å²) in [7, 11) is 0. The lowest BCUT2D eigenvalue weighted by molar-refractivity contribution is -0.122. The molecule has 0 spiro atoms. The molecular formula is C11H20N2OS2. The highest BCUT2D eigenvalue weighted by Gasteiger charge is 2.19. The molecule has 1 unspecified atom stereocenters. The summed E-state index contributed by atoms with van der Waals surface area (Å²) >= 11 is 6.88. The standard InChI is InChI=1S/C11H20N2OS2/c1-2-9(11(12)15)13-10(14)7-8-3-5-16-6-4-8/h8-9H,2-7H2,1H3,(H2,12,15)(H,13,14). The second-order valence-electron chi connectivity index (χ2n) is 4.19. The molecule has 0 radical (unpaired) electrons. The van der Waals surface area contributed by atoms with Crippen LogP contribution in [-0.4, -0.2) is 28.4 Å². The van der Waals surface area contributed by atoms with Crippen LogP contribution in [0.4, 0.5) is 0 Å². The van der Waals surface area contributed by atoms with Gasteiger partial charge in [0, 0.05) is 6.42 Å². The number of nitrogens with one attached hydrogen (secondary N) is 1. The average molecular weight is 260 g/mol. The number of carbonyl (C=O) groups excluding carboxylic acids is 1. The van der Waals surface area contributed by atoms with E-state index in [4.69, 9.17) is 18.0 Å². The molecule has 5 heteroatoms. The van der Waals surface area contributed by atoms with Crippen LogP contribution in [0.5, 0.6) is 0 Å². The van der Waals surface area contributed by atoms with E-state index in [2.05, 4.69) is 5.32 Å². The fourth-order valence-corrected chi connectivity index (χ4v) is 3.27. The van der Waals surface area contributed by atoms with Crippen LogP contribution in [0.1, 0.15) is 32.6 Å². The monoisotopic (exact) mass is 260 g/mol. The Labute approximate surface area is 107 Å². The molecule has 0 bridgehead atoms. The van der Waals surface area contributed by atoms with Gasteiger partial charge in [0.05, 0.1) is 11.0 Å². The van der Waals surface area contributed by atoms with E-state index in [0.717, 1.165) is 19.3 Å². The van der Waals surface area contributed by atoms with Crippen molar-refractivity contribution in [3.63, 3.8) is 0 Å². The zero-order chi connectivity index (χ0) is 12.0. The number of thioether (sulfide) groups is 1. The Morgan fingerprint density at radius 1 is 1.56 bits per heavy atom. The van der Waals surface area contributed by atoms with Crippen LogP contribution >= 0.6 is 24.0 Å². The predicted octanol–water partition coefficient (Wildman–Crippen LogP) is 1.70. The Kier molecular flexibility index (Phi) is 6.13. The van der Waals surface area contributed by atoms with Gasteiger partial charge in [0.2, 0.25) is 5.91 Å². The first-order valence-electron chi connectivity index (χ1n) is 5.80. The van der Waals surface area contributed by atoms with Crippen LogP contribution in [0.25, 0.3) is 0 Å². The topological polar surface area (TPSA) is 55.1 Å². The molecule has 1 heterocycles. The molecule has 0 saturated carbocycles. The second kappa shape index (κ2) is 7.12. The van der Waals surface area contributed by atoms with Crippen molar-refractivity contribution in [2.75, 3.05) is 11.5 Å². The van der Waals surface area contributed by atoms with Crippen LogP contribution in [0.15, 0.2) is 0 Å². The number of hydrogen-bond donors (Lipinski definition) is 2. The van der Waals surface area contributed by atoms with Crippen LogP contribution in [0.2, 0.25) is 0 Å². The van der Waals surface area contributed by atoms with Crippen LogP contribution in [-0.2, 0) is 4.79 Å². The summed E-state index contributed by atoms with van der Waals surface area (Å²) in [6.07, 6.45) is 3.70. The third kappa shape index (κ3) is 4.70. The van der Waals surface area contributed by atoms with Crippen molar-refractivity contribution in [3.8, 4) is 0 Å². The lowest BCUT2D eigenvalue weighted by atomic mass is 9.98. The Hall–Kier alpha value is -0.290. The van der Waals surface area contributed by atoms with Gasteiger partial charge in [0.15, 0.2) is 0 Å². The molecule has 0 aromatic heterocycles. The van der Waals surface area contributed by atoms with Crippen molar-refractivity contribution in [2.24, 2.45) is 11.7 Å². The van der Waals surface area contributed by atoms with Crippen molar-refractivity contribution in [2.45, 2.75) is 38.6 Å². The second-order valence-corrected chi connectivity index (χ2v) is 5.89. The first-order chi connectivity index (χ1) is 7.63. The molecule has 1 atom stereocenters. The van der Waals surface area contributed by atoms with Crippen molar-refractivity contribution in [1.82, 2.24) is 5.32 Å². The molecule has 1 amide bonds. The van der Waals surface area contributed by atoms with Gasteiger partial charge in [-0.15, -0.1) is 0 Å². The summed E-state index contributed by atoms with van der Waals surface area (Å²) in [5.74, 6) is 3.01. The summed E-state index contributed by atoms with van der Waals surface area (Å²) in [6, 6.07) is -0.138. The number of thiocarbonyl (C=S) groups is 1.